The van der Waals surface area contributed by atoms with Gasteiger partial charge in [-0.1, -0.05) is 24.1 Å². The van der Waals surface area contributed by atoms with Crippen LogP contribution in [0.4, 0.5) is 0 Å². The summed E-state index contributed by atoms with van der Waals surface area (Å²) in [5.41, 5.74) is 1.22. The van der Waals surface area contributed by atoms with Gasteiger partial charge in [-0.15, -0.1) is 0 Å². The molecule has 2 rings (SSSR count). The van der Waals surface area contributed by atoms with E-state index in [0.717, 1.165) is 38.1 Å². The molecule has 1 saturated carbocycles. The minimum atomic E-state index is -0.648. The summed E-state index contributed by atoms with van der Waals surface area (Å²) in [5, 5.41) is 12.4. The van der Waals surface area contributed by atoms with Gasteiger partial charge in [0, 0.05) is 6.54 Å². The zero-order valence-electron chi connectivity index (χ0n) is 12.0. The molecule has 4 nitrogen and oxygen atoms in total. The highest BCUT2D eigenvalue weighted by Crippen LogP contribution is 2.31. The summed E-state index contributed by atoms with van der Waals surface area (Å²) in [6.07, 6.45) is 2.87. The number of aliphatic carboxylic acids is 1. The molecule has 1 aliphatic carbocycles. The molecule has 0 aliphatic heterocycles. The van der Waals surface area contributed by atoms with Gasteiger partial charge < -0.3 is 15.2 Å². The lowest BCUT2D eigenvalue weighted by Gasteiger charge is -2.16. The summed E-state index contributed by atoms with van der Waals surface area (Å²) in [6.45, 7) is 4.17. The molecular weight excluding hydrogens is 254 g/mol. The first-order chi connectivity index (χ1) is 9.66. The van der Waals surface area contributed by atoms with Crippen LogP contribution in [0.15, 0.2) is 24.3 Å². The van der Waals surface area contributed by atoms with E-state index in [1.165, 1.54) is 5.56 Å². The maximum Gasteiger partial charge on any atom is 0.306 e. The summed E-state index contributed by atoms with van der Waals surface area (Å²) >= 11 is 0. The van der Waals surface area contributed by atoms with Gasteiger partial charge in [0.15, 0.2) is 0 Å². The highest BCUT2D eigenvalue weighted by atomic mass is 16.5. The standard InChI is InChI=1S/C16H23NO3/c1-12-5-7-14(8-6-12)20-10-9-17-11-13-3-2-4-15(13)16(18)19/h5-8,13,15,17H,2-4,9-11H2,1H3,(H,18,19). The SMILES string of the molecule is Cc1ccc(OCCNCC2CCCC2C(=O)O)cc1. The van der Waals surface area contributed by atoms with Crippen molar-refractivity contribution in [2.24, 2.45) is 11.8 Å². The second-order valence-corrected chi connectivity index (χ2v) is 5.50. The average Bonchev–Trinajstić information content (AvgIpc) is 2.89. The molecule has 4 heteroatoms. The van der Waals surface area contributed by atoms with Crippen molar-refractivity contribution in [3.63, 3.8) is 0 Å². The van der Waals surface area contributed by atoms with E-state index in [-0.39, 0.29) is 11.8 Å². The van der Waals surface area contributed by atoms with Crippen LogP contribution >= 0.6 is 0 Å². The zero-order chi connectivity index (χ0) is 14.4. The van der Waals surface area contributed by atoms with Gasteiger partial charge in [-0.3, -0.25) is 4.79 Å². The van der Waals surface area contributed by atoms with Crippen LogP contribution in [0.1, 0.15) is 24.8 Å². The first kappa shape index (κ1) is 14.9. The van der Waals surface area contributed by atoms with Gasteiger partial charge in [0.05, 0.1) is 5.92 Å². The number of carboxylic acid groups (broad SMARTS) is 1. The molecule has 0 radical (unpaired) electrons. The third kappa shape index (κ3) is 4.23. The number of aryl methyl sites for hydroxylation is 1. The molecule has 0 amide bonds. The molecule has 2 N–H and O–H groups in total. The Bertz CT molecular complexity index is 430. The van der Waals surface area contributed by atoms with Gasteiger partial charge in [0.25, 0.3) is 0 Å². The molecule has 0 saturated heterocycles. The first-order valence-corrected chi connectivity index (χ1v) is 7.30. The molecule has 2 atom stereocenters. The van der Waals surface area contributed by atoms with Crippen molar-refractivity contribution in [2.45, 2.75) is 26.2 Å². The summed E-state index contributed by atoms with van der Waals surface area (Å²) in [5.74, 6) is 0.333. The van der Waals surface area contributed by atoms with Gasteiger partial charge in [0.1, 0.15) is 12.4 Å². The first-order valence-electron chi connectivity index (χ1n) is 7.30. The Morgan fingerprint density at radius 1 is 1.35 bits per heavy atom. The van der Waals surface area contributed by atoms with E-state index in [2.05, 4.69) is 5.32 Å². The van der Waals surface area contributed by atoms with E-state index >= 15 is 0 Å². The number of nitrogens with one attached hydrogen (secondary N) is 1. The summed E-state index contributed by atoms with van der Waals surface area (Å²) < 4.78 is 5.62. The minimum absolute atomic E-state index is 0.166. The van der Waals surface area contributed by atoms with Crippen molar-refractivity contribution < 1.29 is 14.6 Å². The Hall–Kier alpha value is -1.55. The van der Waals surface area contributed by atoms with Crippen LogP contribution in [0, 0.1) is 18.8 Å². The largest absolute Gasteiger partial charge is 0.492 e. The summed E-state index contributed by atoms with van der Waals surface area (Å²) in [7, 11) is 0. The van der Waals surface area contributed by atoms with Crippen LogP contribution in [0.25, 0.3) is 0 Å². The predicted molar refractivity (Wildman–Crippen MR) is 78.0 cm³/mol. The Balaban J connectivity index is 1.62. The van der Waals surface area contributed by atoms with Crippen LogP contribution in [0.5, 0.6) is 5.75 Å². The maximum absolute atomic E-state index is 11.1. The zero-order valence-corrected chi connectivity index (χ0v) is 12.0. The summed E-state index contributed by atoms with van der Waals surface area (Å²) in [6, 6.07) is 7.98. The van der Waals surface area contributed by atoms with Crippen molar-refractivity contribution in [3.05, 3.63) is 29.8 Å². The van der Waals surface area contributed by atoms with E-state index in [4.69, 9.17) is 9.84 Å². The molecular formula is C16H23NO3. The molecule has 1 fully saturated rings. The quantitative estimate of drug-likeness (QED) is 0.752. The fourth-order valence-electron chi connectivity index (χ4n) is 2.77. The number of benzene rings is 1. The minimum Gasteiger partial charge on any atom is -0.492 e. The molecule has 110 valence electrons. The van der Waals surface area contributed by atoms with E-state index in [1.807, 2.05) is 31.2 Å². The highest BCUT2D eigenvalue weighted by Gasteiger charge is 2.32. The van der Waals surface area contributed by atoms with Gasteiger partial charge in [-0.25, -0.2) is 0 Å². The van der Waals surface area contributed by atoms with E-state index < -0.39 is 5.97 Å². The fourth-order valence-corrected chi connectivity index (χ4v) is 2.77. The molecule has 0 aromatic heterocycles. The molecule has 0 heterocycles. The number of rotatable bonds is 7. The third-order valence-electron chi connectivity index (χ3n) is 3.95. The van der Waals surface area contributed by atoms with Crippen LogP contribution in [-0.2, 0) is 4.79 Å². The molecule has 1 aromatic carbocycles. The Morgan fingerprint density at radius 2 is 2.10 bits per heavy atom. The van der Waals surface area contributed by atoms with Crippen LogP contribution in [0.2, 0.25) is 0 Å². The van der Waals surface area contributed by atoms with Gasteiger partial charge >= 0.3 is 5.97 Å². The van der Waals surface area contributed by atoms with E-state index in [0.29, 0.717) is 6.61 Å². The summed E-state index contributed by atoms with van der Waals surface area (Å²) in [4.78, 5) is 11.1. The topological polar surface area (TPSA) is 58.6 Å². The van der Waals surface area contributed by atoms with Gasteiger partial charge in [-0.2, -0.15) is 0 Å². The molecule has 2 unspecified atom stereocenters. The second-order valence-electron chi connectivity index (χ2n) is 5.50. The highest BCUT2D eigenvalue weighted by molar-refractivity contribution is 5.70. The number of hydrogen-bond donors (Lipinski definition) is 2. The smallest absolute Gasteiger partial charge is 0.306 e. The number of carbonyl (C=O) groups is 1. The predicted octanol–water partition coefficient (Wildman–Crippen LogP) is 2.46. The number of hydrogen-bond acceptors (Lipinski definition) is 3. The molecule has 1 aromatic rings. The Morgan fingerprint density at radius 3 is 2.80 bits per heavy atom. The van der Waals surface area contributed by atoms with E-state index in [1.54, 1.807) is 0 Å². The van der Waals surface area contributed by atoms with Gasteiger partial charge in [-0.05, 0) is 44.4 Å². The third-order valence-corrected chi connectivity index (χ3v) is 3.95. The van der Waals surface area contributed by atoms with Crippen LogP contribution in [-0.4, -0.2) is 30.8 Å². The number of carboxylic acids is 1. The second kappa shape index (κ2) is 7.29. The molecule has 20 heavy (non-hydrogen) atoms. The lowest BCUT2D eigenvalue weighted by atomic mass is 9.96. The van der Waals surface area contributed by atoms with Gasteiger partial charge in [0.2, 0.25) is 0 Å². The van der Waals surface area contributed by atoms with Crippen molar-refractivity contribution in [1.82, 2.24) is 5.32 Å². The lowest BCUT2D eigenvalue weighted by molar-refractivity contribution is -0.142. The van der Waals surface area contributed by atoms with Crippen LogP contribution < -0.4 is 10.1 Å². The van der Waals surface area contributed by atoms with E-state index in [9.17, 15) is 4.79 Å². The average molecular weight is 277 g/mol. The molecule has 0 bridgehead atoms. The normalized spacial score (nSPS) is 21.9. The monoisotopic (exact) mass is 277 g/mol. The molecule has 0 spiro atoms. The maximum atomic E-state index is 11.1. The molecule has 1 aliphatic rings. The lowest BCUT2D eigenvalue weighted by Crippen LogP contribution is -2.31. The van der Waals surface area contributed by atoms with Crippen molar-refractivity contribution in [1.29, 1.82) is 0 Å². The Kier molecular flexibility index (Phi) is 5.41. The Labute approximate surface area is 120 Å². The van der Waals surface area contributed by atoms with Crippen molar-refractivity contribution in [2.75, 3.05) is 19.7 Å². The fraction of sp³-hybridized carbons (Fsp3) is 0.562. The van der Waals surface area contributed by atoms with Crippen LogP contribution in [0.3, 0.4) is 0 Å². The van der Waals surface area contributed by atoms with Crippen molar-refractivity contribution in [3.8, 4) is 5.75 Å². The van der Waals surface area contributed by atoms with Crippen molar-refractivity contribution >= 4 is 5.97 Å². The number of ether oxygens (including phenoxy) is 1.